The molecule has 1 amide bonds. The number of benzene rings is 2. The van der Waals surface area contributed by atoms with Crippen LogP contribution in [0, 0.1) is 5.82 Å². The van der Waals surface area contributed by atoms with Gasteiger partial charge in [-0.05, 0) is 29.8 Å². The minimum atomic E-state index is -0.332. The van der Waals surface area contributed by atoms with Crippen molar-refractivity contribution in [3.05, 3.63) is 82.9 Å². The Hall–Kier alpha value is -2.93. The number of hydrogen-bond acceptors (Lipinski definition) is 4. The van der Waals surface area contributed by atoms with E-state index in [-0.39, 0.29) is 23.0 Å². The van der Waals surface area contributed by atoms with Crippen LogP contribution in [0.4, 0.5) is 4.39 Å². The van der Waals surface area contributed by atoms with E-state index in [2.05, 4.69) is 11.6 Å². The summed E-state index contributed by atoms with van der Waals surface area (Å²) in [4.78, 5) is 31.3. The SMILES string of the molecule is C=CCn1c(SCC(=O)N(C)Cc2cccc(F)c2)nc2ccccc2c1=O. The van der Waals surface area contributed by atoms with Gasteiger partial charge in [-0.25, -0.2) is 9.37 Å². The van der Waals surface area contributed by atoms with Crippen LogP contribution < -0.4 is 5.56 Å². The van der Waals surface area contributed by atoms with Crippen molar-refractivity contribution in [1.29, 1.82) is 0 Å². The Kier molecular flexibility index (Phi) is 6.26. The topological polar surface area (TPSA) is 55.2 Å². The van der Waals surface area contributed by atoms with Gasteiger partial charge in [0.15, 0.2) is 5.16 Å². The number of halogens is 1. The van der Waals surface area contributed by atoms with E-state index in [1.807, 2.05) is 6.07 Å². The molecule has 0 atom stereocenters. The predicted molar refractivity (Wildman–Crippen MR) is 110 cm³/mol. The standard InChI is InChI=1S/C21H20FN3O2S/c1-3-11-25-20(27)17-9-4-5-10-18(17)23-21(25)28-14-19(26)24(2)13-15-7-6-8-16(22)12-15/h3-10,12H,1,11,13-14H2,2H3. The van der Waals surface area contributed by atoms with Gasteiger partial charge in [0.1, 0.15) is 5.82 Å². The summed E-state index contributed by atoms with van der Waals surface area (Å²) < 4.78 is 14.8. The summed E-state index contributed by atoms with van der Waals surface area (Å²) in [6.45, 7) is 4.31. The number of carbonyl (C=O) groups is 1. The summed E-state index contributed by atoms with van der Waals surface area (Å²) in [5.74, 6) is -0.350. The fourth-order valence-electron chi connectivity index (χ4n) is 2.78. The number of rotatable bonds is 7. The molecule has 0 spiro atoms. The van der Waals surface area contributed by atoms with Gasteiger partial charge in [0.05, 0.1) is 16.7 Å². The first-order valence-corrected chi connectivity index (χ1v) is 9.70. The lowest BCUT2D eigenvalue weighted by Gasteiger charge is -2.18. The number of thioether (sulfide) groups is 1. The number of para-hydroxylation sites is 1. The van der Waals surface area contributed by atoms with E-state index in [9.17, 15) is 14.0 Å². The highest BCUT2D eigenvalue weighted by Gasteiger charge is 2.15. The number of hydrogen-bond donors (Lipinski definition) is 0. The Bertz CT molecular complexity index is 1080. The number of fused-ring (bicyclic) bond motifs is 1. The molecule has 28 heavy (non-hydrogen) atoms. The van der Waals surface area contributed by atoms with Gasteiger partial charge in [-0.2, -0.15) is 0 Å². The molecule has 0 aliphatic rings. The van der Waals surface area contributed by atoms with Crippen LogP contribution in [0.25, 0.3) is 10.9 Å². The first-order chi connectivity index (χ1) is 13.5. The second kappa shape index (κ2) is 8.84. The van der Waals surface area contributed by atoms with Crippen LogP contribution >= 0.6 is 11.8 Å². The van der Waals surface area contributed by atoms with E-state index in [1.165, 1.54) is 33.4 Å². The van der Waals surface area contributed by atoms with Crippen molar-refractivity contribution in [3.63, 3.8) is 0 Å². The van der Waals surface area contributed by atoms with Gasteiger partial charge in [-0.3, -0.25) is 14.2 Å². The fraction of sp³-hybridized carbons (Fsp3) is 0.190. The zero-order valence-electron chi connectivity index (χ0n) is 15.5. The minimum absolute atomic E-state index is 0.119. The molecule has 0 saturated heterocycles. The maximum atomic E-state index is 13.3. The van der Waals surface area contributed by atoms with E-state index >= 15 is 0 Å². The highest BCUT2D eigenvalue weighted by molar-refractivity contribution is 7.99. The molecule has 3 rings (SSSR count). The number of amides is 1. The van der Waals surface area contributed by atoms with Crippen LogP contribution in [0.3, 0.4) is 0 Å². The van der Waals surface area contributed by atoms with Crippen molar-refractivity contribution in [2.45, 2.75) is 18.2 Å². The van der Waals surface area contributed by atoms with Crippen molar-refractivity contribution in [3.8, 4) is 0 Å². The van der Waals surface area contributed by atoms with Crippen molar-refractivity contribution in [1.82, 2.24) is 14.5 Å². The third-order valence-corrected chi connectivity index (χ3v) is 5.16. The van der Waals surface area contributed by atoms with Crippen LogP contribution in [0.1, 0.15) is 5.56 Å². The van der Waals surface area contributed by atoms with Gasteiger partial charge >= 0.3 is 0 Å². The molecule has 3 aromatic rings. The molecule has 1 aromatic heterocycles. The van der Waals surface area contributed by atoms with Crippen molar-refractivity contribution in [2.24, 2.45) is 0 Å². The highest BCUT2D eigenvalue weighted by Crippen LogP contribution is 2.19. The average Bonchev–Trinajstić information content (AvgIpc) is 2.68. The van der Waals surface area contributed by atoms with Crippen LogP contribution in [-0.4, -0.2) is 33.2 Å². The molecule has 1 heterocycles. The maximum Gasteiger partial charge on any atom is 0.262 e. The Labute approximate surface area is 166 Å². The van der Waals surface area contributed by atoms with Crippen LogP contribution in [0.2, 0.25) is 0 Å². The van der Waals surface area contributed by atoms with Gasteiger partial charge in [0.2, 0.25) is 5.91 Å². The molecule has 0 radical (unpaired) electrons. The monoisotopic (exact) mass is 397 g/mol. The quantitative estimate of drug-likeness (QED) is 0.348. The molecule has 5 nitrogen and oxygen atoms in total. The number of nitrogens with zero attached hydrogens (tertiary/aromatic N) is 3. The lowest BCUT2D eigenvalue weighted by molar-refractivity contribution is -0.127. The zero-order chi connectivity index (χ0) is 20.1. The molecule has 0 fully saturated rings. The Morgan fingerprint density at radius 1 is 1.29 bits per heavy atom. The second-order valence-corrected chi connectivity index (χ2v) is 7.23. The first-order valence-electron chi connectivity index (χ1n) is 8.71. The largest absolute Gasteiger partial charge is 0.341 e. The molecule has 7 heteroatoms. The third-order valence-electron chi connectivity index (χ3n) is 4.20. The van der Waals surface area contributed by atoms with Gasteiger partial charge in [-0.1, -0.05) is 42.1 Å². The van der Waals surface area contributed by atoms with Crippen LogP contribution in [0.15, 0.2) is 71.1 Å². The molecule has 144 valence electrons. The summed E-state index contributed by atoms with van der Waals surface area (Å²) in [5.41, 5.74) is 1.15. The molecule has 0 unspecified atom stereocenters. The lowest BCUT2D eigenvalue weighted by Crippen LogP contribution is -2.28. The minimum Gasteiger partial charge on any atom is -0.341 e. The Balaban J connectivity index is 1.76. The molecule has 0 aliphatic heterocycles. The molecular formula is C21H20FN3O2S. The second-order valence-electron chi connectivity index (χ2n) is 6.28. The maximum absolute atomic E-state index is 13.3. The predicted octanol–water partition coefficient (Wildman–Crippen LogP) is 3.47. The van der Waals surface area contributed by atoms with Crippen molar-refractivity contribution < 1.29 is 9.18 Å². The number of allylic oxidation sites excluding steroid dienone is 1. The van der Waals surface area contributed by atoms with Gasteiger partial charge in [0, 0.05) is 20.1 Å². The third kappa shape index (κ3) is 4.48. The lowest BCUT2D eigenvalue weighted by atomic mass is 10.2. The summed E-state index contributed by atoms with van der Waals surface area (Å²) in [7, 11) is 1.67. The highest BCUT2D eigenvalue weighted by atomic mass is 32.2. The Morgan fingerprint density at radius 2 is 2.07 bits per heavy atom. The summed E-state index contributed by atoms with van der Waals surface area (Å²) in [6.07, 6.45) is 1.62. The normalized spacial score (nSPS) is 10.8. The molecule has 0 N–H and O–H groups in total. The molecule has 2 aromatic carbocycles. The molecule has 0 saturated carbocycles. The summed E-state index contributed by atoms with van der Waals surface area (Å²) >= 11 is 1.20. The van der Waals surface area contributed by atoms with Crippen molar-refractivity contribution in [2.75, 3.05) is 12.8 Å². The van der Waals surface area contributed by atoms with Gasteiger partial charge in [0.25, 0.3) is 5.56 Å². The van der Waals surface area contributed by atoms with Gasteiger partial charge < -0.3 is 4.90 Å². The molecular weight excluding hydrogens is 377 g/mol. The number of aromatic nitrogens is 2. The van der Waals surface area contributed by atoms with E-state index in [4.69, 9.17) is 0 Å². The summed E-state index contributed by atoms with van der Waals surface area (Å²) in [6, 6.07) is 13.3. The first kappa shape index (κ1) is 19.8. The summed E-state index contributed by atoms with van der Waals surface area (Å²) in [5, 5.41) is 0.999. The van der Waals surface area contributed by atoms with Crippen LogP contribution in [0.5, 0.6) is 0 Å². The van der Waals surface area contributed by atoms with E-state index in [1.54, 1.807) is 43.5 Å². The number of carbonyl (C=O) groups excluding carboxylic acids is 1. The van der Waals surface area contributed by atoms with Crippen LogP contribution in [-0.2, 0) is 17.9 Å². The zero-order valence-corrected chi connectivity index (χ0v) is 16.3. The van der Waals surface area contributed by atoms with E-state index in [0.717, 1.165) is 0 Å². The smallest absolute Gasteiger partial charge is 0.262 e. The van der Waals surface area contributed by atoms with Gasteiger partial charge in [-0.15, -0.1) is 6.58 Å². The van der Waals surface area contributed by atoms with E-state index in [0.29, 0.717) is 34.7 Å². The van der Waals surface area contributed by atoms with E-state index < -0.39 is 0 Å². The Morgan fingerprint density at radius 3 is 2.82 bits per heavy atom. The average molecular weight is 397 g/mol. The fourth-order valence-corrected chi connectivity index (χ4v) is 3.73. The molecule has 0 aliphatic carbocycles. The molecule has 0 bridgehead atoms. The van der Waals surface area contributed by atoms with Crippen molar-refractivity contribution >= 4 is 28.6 Å².